The van der Waals surface area contributed by atoms with E-state index in [4.69, 9.17) is 11.6 Å². The molecule has 1 fully saturated rings. The van der Waals surface area contributed by atoms with Gasteiger partial charge in [-0.2, -0.15) is 0 Å². The number of nitrogens with one attached hydrogen (secondary N) is 1. The van der Waals surface area contributed by atoms with Crippen molar-refractivity contribution in [3.63, 3.8) is 0 Å². The van der Waals surface area contributed by atoms with Crippen LogP contribution in [0.1, 0.15) is 25.0 Å². The van der Waals surface area contributed by atoms with Gasteiger partial charge in [-0.25, -0.2) is 4.39 Å². The van der Waals surface area contributed by atoms with Crippen LogP contribution in [0.15, 0.2) is 12.1 Å². The Morgan fingerprint density at radius 3 is 2.83 bits per heavy atom. The van der Waals surface area contributed by atoms with Gasteiger partial charge in [0.2, 0.25) is 0 Å². The summed E-state index contributed by atoms with van der Waals surface area (Å²) in [5, 5.41) is 4.03. The second-order valence-corrected chi connectivity index (χ2v) is 6.01. The molecule has 18 heavy (non-hydrogen) atoms. The van der Waals surface area contributed by atoms with E-state index in [1.54, 1.807) is 19.1 Å². The van der Waals surface area contributed by atoms with Crippen LogP contribution >= 0.6 is 11.6 Å². The molecule has 1 aromatic carbocycles. The molecule has 1 N–H and O–H groups in total. The van der Waals surface area contributed by atoms with Crippen molar-refractivity contribution < 1.29 is 4.39 Å². The highest BCUT2D eigenvalue weighted by molar-refractivity contribution is 6.31. The summed E-state index contributed by atoms with van der Waals surface area (Å²) in [4.78, 5) is 2.35. The zero-order valence-corrected chi connectivity index (χ0v) is 11.9. The molecule has 0 spiro atoms. The van der Waals surface area contributed by atoms with Gasteiger partial charge in [0.25, 0.3) is 0 Å². The van der Waals surface area contributed by atoms with Crippen LogP contribution < -0.4 is 5.32 Å². The third kappa shape index (κ3) is 2.85. The first-order valence-electron chi connectivity index (χ1n) is 6.30. The molecule has 0 atom stereocenters. The van der Waals surface area contributed by atoms with Gasteiger partial charge >= 0.3 is 0 Å². The first kappa shape index (κ1) is 13.8. The summed E-state index contributed by atoms with van der Waals surface area (Å²) in [6.45, 7) is 9.69. The Balaban J connectivity index is 2.20. The van der Waals surface area contributed by atoms with E-state index in [0.29, 0.717) is 17.1 Å². The van der Waals surface area contributed by atoms with Crippen LogP contribution in [0.2, 0.25) is 5.02 Å². The van der Waals surface area contributed by atoms with Gasteiger partial charge in [0.15, 0.2) is 0 Å². The Kier molecular flexibility index (Phi) is 3.95. The Labute approximate surface area is 113 Å². The molecule has 1 aromatic rings. The van der Waals surface area contributed by atoms with Crippen molar-refractivity contribution in [2.24, 2.45) is 0 Å². The third-order valence-corrected chi connectivity index (χ3v) is 4.01. The lowest BCUT2D eigenvalue weighted by Crippen LogP contribution is -2.57. The van der Waals surface area contributed by atoms with Crippen molar-refractivity contribution >= 4 is 11.6 Å². The molecule has 0 radical (unpaired) electrons. The number of hydrogen-bond donors (Lipinski definition) is 1. The quantitative estimate of drug-likeness (QED) is 0.889. The largest absolute Gasteiger partial charge is 0.314 e. The van der Waals surface area contributed by atoms with E-state index in [1.807, 2.05) is 0 Å². The molecular weight excluding hydrogens is 251 g/mol. The molecule has 1 heterocycles. The van der Waals surface area contributed by atoms with E-state index in [1.165, 1.54) is 0 Å². The van der Waals surface area contributed by atoms with Crippen molar-refractivity contribution in [1.82, 2.24) is 10.2 Å². The third-order valence-electron chi connectivity index (χ3n) is 3.66. The van der Waals surface area contributed by atoms with Gasteiger partial charge in [0.05, 0.1) is 0 Å². The van der Waals surface area contributed by atoms with Crippen molar-refractivity contribution in [2.75, 3.05) is 19.6 Å². The van der Waals surface area contributed by atoms with Crippen LogP contribution in [0.25, 0.3) is 0 Å². The summed E-state index contributed by atoms with van der Waals surface area (Å²) in [7, 11) is 0. The molecule has 0 bridgehead atoms. The summed E-state index contributed by atoms with van der Waals surface area (Å²) >= 11 is 6.20. The molecule has 2 nitrogen and oxygen atoms in total. The van der Waals surface area contributed by atoms with Gasteiger partial charge in [-0.15, -0.1) is 0 Å². The predicted octanol–water partition coefficient (Wildman–Crippen LogP) is 2.97. The summed E-state index contributed by atoms with van der Waals surface area (Å²) in [5.74, 6) is -0.178. The Morgan fingerprint density at radius 1 is 1.44 bits per heavy atom. The molecule has 0 aliphatic carbocycles. The summed E-state index contributed by atoms with van der Waals surface area (Å²) in [6.07, 6.45) is 0. The van der Waals surface area contributed by atoms with Crippen LogP contribution in [0.3, 0.4) is 0 Å². The van der Waals surface area contributed by atoms with Gasteiger partial charge in [-0.1, -0.05) is 11.6 Å². The highest BCUT2D eigenvalue weighted by Gasteiger charge is 2.29. The van der Waals surface area contributed by atoms with Gasteiger partial charge in [-0.3, -0.25) is 4.90 Å². The SMILES string of the molecule is Cc1cc(Cl)c(CN2CCNCC2(C)C)cc1F. The number of rotatable bonds is 2. The van der Waals surface area contributed by atoms with E-state index in [2.05, 4.69) is 24.1 Å². The van der Waals surface area contributed by atoms with E-state index < -0.39 is 0 Å². The zero-order chi connectivity index (χ0) is 13.3. The van der Waals surface area contributed by atoms with Crippen LogP contribution in [0.4, 0.5) is 4.39 Å². The number of aryl methyl sites for hydroxylation is 1. The molecule has 0 aromatic heterocycles. The minimum atomic E-state index is -0.178. The molecule has 0 amide bonds. The highest BCUT2D eigenvalue weighted by Crippen LogP contribution is 2.25. The van der Waals surface area contributed by atoms with Gasteiger partial charge in [0, 0.05) is 36.7 Å². The van der Waals surface area contributed by atoms with Gasteiger partial charge in [-0.05, 0) is 44.0 Å². The Hall–Kier alpha value is -0.640. The van der Waals surface area contributed by atoms with E-state index >= 15 is 0 Å². The smallest absolute Gasteiger partial charge is 0.126 e. The standard InChI is InChI=1S/C14H20ClFN2/c1-10-6-12(15)11(7-13(10)16)8-18-5-4-17-9-14(18,2)3/h6-7,17H,4-5,8-9H2,1-3H3. The molecule has 100 valence electrons. The lowest BCUT2D eigenvalue weighted by Gasteiger charge is -2.43. The molecule has 4 heteroatoms. The molecule has 1 aliphatic heterocycles. The first-order chi connectivity index (χ1) is 8.40. The second-order valence-electron chi connectivity index (χ2n) is 5.60. The van der Waals surface area contributed by atoms with Crippen molar-refractivity contribution in [3.05, 3.63) is 34.1 Å². The fourth-order valence-electron chi connectivity index (χ4n) is 2.33. The minimum absolute atomic E-state index is 0.0724. The van der Waals surface area contributed by atoms with Crippen molar-refractivity contribution in [1.29, 1.82) is 0 Å². The van der Waals surface area contributed by atoms with Crippen molar-refractivity contribution in [2.45, 2.75) is 32.9 Å². The van der Waals surface area contributed by atoms with E-state index in [-0.39, 0.29) is 11.4 Å². The molecule has 0 unspecified atom stereocenters. The van der Waals surface area contributed by atoms with Crippen LogP contribution in [0.5, 0.6) is 0 Å². The fourth-order valence-corrected chi connectivity index (χ4v) is 2.61. The van der Waals surface area contributed by atoms with Crippen LogP contribution in [-0.2, 0) is 6.54 Å². The fraction of sp³-hybridized carbons (Fsp3) is 0.571. The maximum absolute atomic E-state index is 13.6. The molecule has 0 saturated carbocycles. The number of nitrogens with zero attached hydrogens (tertiary/aromatic N) is 1. The summed E-state index contributed by atoms with van der Waals surface area (Å²) in [6, 6.07) is 3.27. The highest BCUT2D eigenvalue weighted by atomic mass is 35.5. The lowest BCUT2D eigenvalue weighted by molar-refractivity contribution is 0.0827. The van der Waals surface area contributed by atoms with Crippen LogP contribution in [0, 0.1) is 12.7 Å². The molecule has 1 aliphatic rings. The van der Waals surface area contributed by atoms with Crippen LogP contribution in [-0.4, -0.2) is 30.1 Å². The monoisotopic (exact) mass is 270 g/mol. The summed E-state index contributed by atoms with van der Waals surface area (Å²) in [5.41, 5.74) is 1.54. The minimum Gasteiger partial charge on any atom is -0.314 e. The second kappa shape index (κ2) is 5.16. The van der Waals surface area contributed by atoms with Crippen molar-refractivity contribution in [3.8, 4) is 0 Å². The normalized spacial score (nSPS) is 20.1. The molecule has 1 saturated heterocycles. The Bertz CT molecular complexity index is 446. The topological polar surface area (TPSA) is 15.3 Å². The number of halogens is 2. The van der Waals surface area contributed by atoms with E-state index in [0.717, 1.165) is 25.2 Å². The summed E-state index contributed by atoms with van der Waals surface area (Å²) < 4.78 is 13.6. The zero-order valence-electron chi connectivity index (χ0n) is 11.2. The van der Waals surface area contributed by atoms with Gasteiger partial charge < -0.3 is 5.32 Å². The number of piperazine rings is 1. The number of hydrogen-bond acceptors (Lipinski definition) is 2. The maximum atomic E-state index is 13.6. The average molecular weight is 271 g/mol. The molecular formula is C14H20ClFN2. The Morgan fingerprint density at radius 2 is 2.17 bits per heavy atom. The van der Waals surface area contributed by atoms with E-state index in [9.17, 15) is 4.39 Å². The van der Waals surface area contributed by atoms with Gasteiger partial charge in [0.1, 0.15) is 5.82 Å². The molecule has 2 rings (SSSR count). The maximum Gasteiger partial charge on any atom is 0.126 e. The first-order valence-corrected chi connectivity index (χ1v) is 6.68. The lowest BCUT2D eigenvalue weighted by atomic mass is 9.99. The predicted molar refractivity (Wildman–Crippen MR) is 73.5 cm³/mol. The average Bonchev–Trinajstić information content (AvgIpc) is 2.28. The number of benzene rings is 1.